The van der Waals surface area contributed by atoms with Crippen molar-refractivity contribution in [3.63, 3.8) is 0 Å². The number of hydrogen-bond donors (Lipinski definition) is 2. The molecule has 2 N–H and O–H groups in total. The first kappa shape index (κ1) is 18.8. The highest BCUT2D eigenvalue weighted by atomic mass is 16.5. The Labute approximate surface area is 166 Å². The first-order valence-corrected chi connectivity index (χ1v) is 9.93. The van der Waals surface area contributed by atoms with Crippen molar-refractivity contribution < 1.29 is 9.84 Å². The average molecular weight is 380 g/mol. The zero-order chi connectivity index (χ0) is 19.7. The van der Waals surface area contributed by atoms with Gasteiger partial charge in [-0.15, -0.1) is 0 Å². The number of aliphatic hydroxyl groups excluding tert-OH is 1. The Kier molecular flexibility index (Phi) is 5.29. The summed E-state index contributed by atoms with van der Waals surface area (Å²) in [4.78, 5) is 8.07. The van der Waals surface area contributed by atoms with Gasteiger partial charge in [-0.05, 0) is 49.2 Å². The molecule has 1 fully saturated rings. The summed E-state index contributed by atoms with van der Waals surface area (Å²) in [6.07, 6.45) is 1.40. The molecule has 2 heterocycles. The number of aromatic amines is 1. The zero-order valence-electron chi connectivity index (χ0n) is 16.9. The predicted octanol–water partition coefficient (Wildman–Crippen LogP) is 3.65. The smallest absolute Gasteiger partial charge is 0.119 e. The fourth-order valence-electron chi connectivity index (χ4n) is 4.12. The minimum absolute atomic E-state index is 0.520. The Bertz CT molecular complexity index is 958. The van der Waals surface area contributed by atoms with E-state index < -0.39 is 6.10 Å². The fraction of sp³-hybridized carbons (Fsp3) is 0.391. The molecular formula is C23H29N3O2. The second-order valence-corrected chi connectivity index (χ2v) is 7.68. The van der Waals surface area contributed by atoms with Crippen LogP contribution in [0.2, 0.25) is 0 Å². The average Bonchev–Trinajstić information content (AvgIpc) is 3.14. The van der Waals surface area contributed by atoms with E-state index in [1.54, 1.807) is 7.11 Å². The van der Waals surface area contributed by atoms with Gasteiger partial charge in [0.1, 0.15) is 5.75 Å². The summed E-state index contributed by atoms with van der Waals surface area (Å²) in [6.45, 7) is 8.89. The van der Waals surface area contributed by atoms with Crippen LogP contribution in [0.5, 0.6) is 5.75 Å². The molecule has 3 aromatic rings. The van der Waals surface area contributed by atoms with Gasteiger partial charge in [0.05, 0.1) is 13.2 Å². The Morgan fingerprint density at radius 3 is 2.64 bits per heavy atom. The third kappa shape index (κ3) is 3.60. The molecule has 5 nitrogen and oxygen atoms in total. The van der Waals surface area contributed by atoms with E-state index in [-0.39, 0.29) is 0 Å². The Morgan fingerprint density at radius 2 is 1.89 bits per heavy atom. The quantitative estimate of drug-likeness (QED) is 0.711. The number of methoxy groups -OCH3 is 1. The van der Waals surface area contributed by atoms with Gasteiger partial charge in [0.2, 0.25) is 0 Å². The van der Waals surface area contributed by atoms with Crippen LogP contribution in [-0.4, -0.2) is 54.8 Å². The number of aliphatic hydroxyl groups is 1. The number of nitrogens with one attached hydrogen (secondary N) is 1. The van der Waals surface area contributed by atoms with Crippen LogP contribution in [0.25, 0.3) is 10.9 Å². The topological polar surface area (TPSA) is 51.7 Å². The SMILES string of the molecule is COc1ccc2[nH]cc(C(O)CN3CCN(c4cccc(C)c4C)CC3)c2c1. The molecule has 5 heteroatoms. The number of aromatic nitrogens is 1. The maximum Gasteiger partial charge on any atom is 0.119 e. The van der Waals surface area contributed by atoms with Crippen molar-refractivity contribution in [3.05, 3.63) is 59.3 Å². The number of β-amino-alcohol motifs (C(OH)–C–C–N with tert-alkyl or cyclic N) is 1. The lowest BCUT2D eigenvalue weighted by molar-refractivity contribution is 0.110. The molecule has 28 heavy (non-hydrogen) atoms. The maximum absolute atomic E-state index is 10.9. The van der Waals surface area contributed by atoms with Crippen LogP contribution in [0.1, 0.15) is 22.8 Å². The van der Waals surface area contributed by atoms with Crippen molar-refractivity contribution in [2.45, 2.75) is 20.0 Å². The summed E-state index contributed by atoms with van der Waals surface area (Å²) >= 11 is 0. The number of anilines is 1. The number of rotatable bonds is 5. The number of piperazine rings is 1. The van der Waals surface area contributed by atoms with Gasteiger partial charge in [-0.2, -0.15) is 0 Å². The van der Waals surface area contributed by atoms with E-state index in [9.17, 15) is 5.11 Å². The summed E-state index contributed by atoms with van der Waals surface area (Å²) in [6, 6.07) is 12.4. The molecule has 0 bridgehead atoms. The van der Waals surface area contributed by atoms with Crippen molar-refractivity contribution in [1.82, 2.24) is 9.88 Å². The van der Waals surface area contributed by atoms with Crippen LogP contribution in [-0.2, 0) is 0 Å². The highest BCUT2D eigenvalue weighted by Gasteiger charge is 2.22. The number of nitrogens with zero attached hydrogens (tertiary/aromatic N) is 2. The van der Waals surface area contributed by atoms with Crippen LogP contribution in [0.15, 0.2) is 42.6 Å². The molecule has 0 aliphatic carbocycles. The molecule has 4 rings (SSSR count). The number of H-pyrrole nitrogens is 1. The first-order chi connectivity index (χ1) is 13.6. The van der Waals surface area contributed by atoms with E-state index in [4.69, 9.17) is 4.74 Å². The molecule has 1 unspecified atom stereocenters. The lowest BCUT2D eigenvalue weighted by Crippen LogP contribution is -2.47. The van der Waals surface area contributed by atoms with Crippen molar-refractivity contribution >= 4 is 16.6 Å². The summed E-state index contributed by atoms with van der Waals surface area (Å²) in [7, 11) is 1.67. The molecule has 1 aliphatic heterocycles. The highest BCUT2D eigenvalue weighted by Crippen LogP contribution is 2.29. The van der Waals surface area contributed by atoms with Crippen LogP contribution >= 0.6 is 0 Å². The maximum atomic E-state index is 10.9. The Balaban J connectivity index is 1.42. The fourth-order valence-corrected chi connectivity index (χ4v) is 4.12. The number of fused-ring (bicyclic) bond motifs is 1. The summed E-state index contributed by atoms with van der Waals surface area (Å²) in [5, 5.41) is 11.9. The molecule has 0 amide bonds. The third-order valence-electron chi connectivity index (χ3n) is 6.00. The minimum Gasteiger partial charge on any atom is -0.497 e. The standard InChI is InChI=1S/C23H29N3O2/c1-16-5-4-6-22(17(16)2)26-11-9-25(10-12-26)15-23(27)20-14-24-21-8-7-18(28-3)13-19(20)21/h4-8,13-14,23-24,27H,9-12,15H2,1-3H3. The molecule has 1 aliphatic rings. The number of ether oxygens (including phenoxy) is 1. The molecule has 1 aromatic heterocycles. The molecular weight excluding hydrogens is 350 g/mol. The summed E-state index contributed by atoms with van der Waals surface area (Å²) in [5.74, 6) is 0.808. The van der Waals surface area contributed by atoms with E-state index in [0.717, 1.165) is 48.4 Å². The molecule has 1 saturated heterocycles. The molecule has 148 valence electrons. The lowest BCUT2D eigenvalue weighted by Gasteiger charge is -2.37. The van der Waals surface area contributed by atoms with Gasteiger partial charge in [-0.1, -0.05) is 12.1 Å². The van der Waals surface area contributed by atoms with E-state index in [2.05, 4.69) is 46.8 Å². The lowest BCUT2D eigenvalue weighted by atomic mass is 10.1. The molecule has 0 radical (unpaired) electrons. The Hall–Kier alpha value is -2.50. The second-order valence-electron chi connectivity index (χ2n) is 7.68. The van der Waals surface area contributed by atoms with Gasteiger partial charge in [-0.3, -0.25) is 4.90 Å². The second kappa shape index (κ2) is 7.86. The summed E-state index contributed by atoms with van der Waals surface area (Å²) in [5.41, 5.74) is 6.00. The molecule has 0 spiro atoms. The molecule has 0 saturated carbocycles. The first-order valence-electron chi connectivity index (χ1n) is 9.93. The predicted molar refractivity (Wildman–Crippen MR) is 114 cm³/mol. The molecule has 1 atom stereocenters. The van der Waals surface area contributed by atoms with Crippen molar-refractivity contribution in [2.75, 3.05) is 44.7 Å². The van der Waals surface area contributed by atoms with Gasteiger partial charge in [0.15, 0.2) is 0 Å². The van der Waals surface area contributed by atoms with Gasteiger partial charge >= 0.3 is 0 Å². The Morgan fingerprint density at radius 1 is 1.11 bits per heavy atom. The van der Waals surface area contributed by atoms with Gasteiger partial charge in [0.25, 0.3) is 0 Å². The van der Waals surface area contributed by atoms with Gasteiger partial charge < -0.3 is 19.7 Å². The highest BCUT2D eigenvalue weighted by molar-refractivity contribution is 5.85. The van der Waals surface area contributed by atoms with Gasteiger partial charge in [-0.25, -0.2) is 0 Å². The summed E-state index contributed by atoms with van der Waals surface area (Å²) < 4.78 is 5.34. The van der Waals surface area contributed by atoms with Gasteiger partial charge in [0, 0.05) is 61.1 Å². The largest absolute Gasteiger partial charge is 0.497 e. The van der Waals surface area contributed by atoms with E-state index in [0.29, 0.717) is 6.54 Å². The van der Waals surface area contributed by atoms with E-state index in [1.807, 2.05) is 24.4 Å². The van der Waals surface area contributed by atoms with Crippen LogP contribution in [0.3, 0.4) is 0 Å². The van der Waals surface area contributed by atoms with Crippen molar-refractivity contribution in [3.8, 4) is 5.75 Å². The van der Waals surface area contributed by atoms with Crippen LogP contribution in [0, 0.1) is 13.8 Å². The van der Waals surface area contributed by atoms with E-state index >= 15 is 0 Å². The van der Waals surface area contributed by atoms with Crippen LogP contribution in [0.4, 0.5) is 5.69 Å². The normalized spacial score (nSPS) is 16.5. The van der Waals surface area contributed by atoms with Crippen LogP contribution < -0.4 is 9.64 Å². The number of hydrogen-bond acceptors (Lipinski definition) is 4. The van der Waals surface area contributed by atoms with Crippen molar-refractivity contribution in [1.29, 1.82) is 0 Å². The van der Waals surface area contributed by atoms with Crippen molar-refractivity contribution in [2.24, 2.45) is 0 Å². The third-order valence-corrected chi connectivity index (χ3v) is 6.00. The van der Waals surface area contributed by atoms with E-state index in [1.165, 1.54) is 16.8 Å². The zero-order valence-corrected chi connectivity index (χ0v) is 16.9. The number of aryl methyl sites for hydroxylation is 1. The molecule has 2 aromatic carbocycles. The number of benzene rings is 2. The monoisotopic (exact) mass is 379 g/mol. The minimum atomic E-state index is -0.520.